The summed E-state index contributed by atoms with van der Waals surface area (Å²) in [6, 6.07) is 12.1. The van der Waals surface area contributed by atoms with Crippen LogP contribution in [0.2, 0.25) is 0 Å². The summed E-state index contributed by atoms with van der Waals surface area (Å²) in [6.45, 7) is 0.854. The Labute approximate surface area is 117 Å². The van der Waals surface area contributed by atoms with E-state index in [1.807, 2.05) is 6.07 Å². The molecule has 0 aliphatic rings. The summed E-state index contributed by atoms with van der Waals surface area (Å²) in [6.07, 6.45) is 3.16. The van der Waals surface area contributed by atoms with Crippen molar-refractivity contribution in [1.82, 2.24) is 10.3 Å². The van der Waals surface area contributed by atoms with Crippen molar-refractivity contribution >= 4 is 12.1 Å². The topological polar surface area (TPSA) is 74.6 Å². The Hall–Kier alpha value is -2.69. The fraction of sp³-hybridized carbons (Fsp3) is 0.133. The number of amides is 1. The molecular weight excluding hydrogens is 254 g/mol. The van der Waals surface area contributed by atoms with Gasteiger partial charge in [0.05, 0.1) is 6.54 Å². The van der Waals surface area contributed by atoms with E-state index in [1.54, 1.807) is 48.8 Å². The summed E-state index contributed by atoms with van der Waals surface area (Å²) >= 11 is 0. The molecule has 0 bridgehead atoms. The number of aromatic nitrogens is 1. The number of nitrogens with one attached hydrogen (secondary N) is 1. The minimum atomic E-state index is -0.219. The molecule has 5 nitrogen and oxygen atoms in total. The molecule has 0 radical (unpaired) electrons. The quantitative estimate of drug-likeness (QED) is 0.640. The first kappa shape index (κ1) is 13.7. The highest BCUT2D eigenvalue weighted by molar-refractivity contribution is 5.92. The van der Waals surface area contributed by atoms with Gasteiger partial charge >= 0.3 is 0 Å². The number of aliphatic imine (C=N–C) groups is 1. The molecule has 0 fully saturated rings. The standard InChI is InChI=1S/C15H15N3O2/c19-14-7-2-1-5-12(14)11-16-9-10-18-15(20)13-6-3-4-8-17-13/h1-8,11,19H,9-10H2,(H,18,20). The number of phenolic OH excluding ortho intramolecular Hbond substituents is 1. The van der Waals surface area contributed by atoms with Gasteiger partial charge in [-0.25, -0.2) is 0 Å². The molecule has 102 valence electrons. The number of aromatic hydroxyl groups is 1. The van der Waals surface area contributed by atoms with Gasteiger partial charge in [-0.2, -0.15) is 0 Å². The molecule has 0 aliphatic carbocycles. The van der Waals surface area contributed by atoms with Crippen LogP contribution in [0.1, 0.15) is 16.1 Å². The van der Waals surface area contributed by atoms with E-state index in [4.69, 9.17) is 0 Å². The molecule has 0 unspecified atom stereocenters. The van der Waals surface area contributed by atoms with Gasteiger partial charge in [0.1, 0.15) is 11.4 Å². The number of benzene rings is 1. The maximum Gasteiger partial charge on any atom is 0.269 e. The zero-order valence-electron chi connectivity index (χ0n) is 10.9. The van der Waals surface area contributed by atoms with Gasteiger partial charge in [-0.1, -0.05) is 18.2 Å². The van der Waals surface area contributed by atoms with Crippen molar-refractivity contribution < 1.29 is 9.90 Å². The Bertz CT molecular complexity index is 597. The first-order chi connectivity index (χ1) is 9.77. The molecule has 2 N–H and O–H groups in total. The van der Waals surface area contributed by atoms with Crippen LogP contribution in [0.25, 0.3) is 0 Å². The predicted octanol–water partition coefficient (Wildman–Crippen LogP) is 1.64. The molecule has 1 aromatic heterocycles. The predicted molar refractivity (Wildman–Crippen MR) is 77.1 cm³/mol. The lowest BCUT2D eigenvalue weighted by Crippen LogP contribution is -2.26. The summed E-state index contributed by atoms with van der Waals surface area (Å²) in [7, 11) is 0. The largest absolute Gasteiger partial charge is 0.507 e. The summed E-state index contributed by atoms with van der Waals surface area (Å²) in [5, 5.41) is 12.3. The van der Waals surface area contributed by atoms with E-state index in [1.165, 1.54) is 0 Å². The zero-order chi connectivity index (χ0) is 14.2. The maximum absolute atomic E-state index is 11.7. The van der Waals surface area contributed by atoms with Crippen molar-refractivity contribution in [3.8, 4) is 5.75 Å². The second-order valence-electron chi connectivity index (χ2n) is 4.06. The molecule has 0 saturated heterocycles. The Morgan fingerprint density at radius 1 is 1.25 bits per heavy atom. The van der Waals surface area contributed by atoms with Gasteiger partial charge < -0.3 is 10.4 Å². The molecule has 2 aromatic rings. The van der Waals surface area contributed by atoms with Crippen molar-refractivity contribution in [3.05, 3.63) is 59.9 Å². The number of phenols is 1. The van der Waals surface area contributed by atoms with Gasteiger partial charge in [0.2, 0.25) is 0 Å². The van der Waals surface area contributed by atoms with Crippen molar-refractivity contribution in [2.24, 2.45) is 4.99 Å². The van der Waals surface area contributed by atoms with Crippen LogP contribution in [0, 0.1) is 0 Å². The lowest BCUT2D eigenvalue weighted by Gasteiger charge is -2.02. The molecule has 1 heterocycles. The molecule has 1 aromatic carbocycles. The minimum absolute atomic E-state index is 0.189. The summed E-state index contributed by atoms with van der Waals surface area (Å²) < 4.78 is 0. The number of hydrogen-bond donors (Lipinski definition) is 2. The highest BCUT2D eigenvalue weighted by Gasteiger charge is 2.03. The fourth-order valence-corrected chi connectivity index (χ4v) is 1.58. The van der Waals surface area contributed by atoms with E-state index < -0.39 is 0 Å². The van der Waals surface area contributed by atoms with Crippen molar-refractivity contribution in [1.29, 1.82) is 0 Å². The van der Waals surface area contributed by atoms with Crippen LogP contribution in [0.3, 0.4) is 0 Å². The zero-order valence-corrected chi connectivity index (χ0v) is 10.9. The molecule has 0 aliphatic heterocycles. The van der Waals surface area contributed by atoms with Gasteiger partial charge in [-0.15, -0.1) is 0 Å². The van der Waals surface area contributed by atoms with E-state index in [-0.39, 0.29) is 11.7 Å². The summed E-state index contributed by atoms with van der Waals surface area (Å²) in [5.74, 6) is -0.0304. The number of pyridine rings is 1. The fourth-order valence-electron chi connectivity index (χ4n) is 1.58. The van der Waals surface area contributed by atoms with E-state index in [9.17, 15) is 9.90 Å². The third-order valence-electron chi connectivity index (χ3n) is 2.59. The van der Waals surface area contributed by atoms with Gasteiger partial charge in [-0.05, 0) is 24.3 Å². The number of carbonyl (C=O) groups excluding carboxylic acids is 1. The molecule has 0 saturated carbocycles. The maximum atomic E-state index is 11.7. The second-order valence-corrected chi connectivity index (χ2v) is 4.06. The van der Waals surface area contributed by atoms with Crippen LogP contribution in [0.5, 0.6) is 5.75 Å². The van der Waals surface area contributed by atoms with Gasteiger partial charge in [0.15, 0.2) is 0 Å². The van der Waals surface area contributed by atoms with Crippen molar-refractivity contribution in [3.63, 3.8) is 0 Å². The molecule has 0 spiro atoms. The Kier molecular flexibility index (Phi) is 4.83. The van der Waals surface area contributed by atoms with Crippen molar-refractivity contribution in [2.75, 3.05) is 13.1 Å². The second kappa shape index (κ2) is 7.04. The van der Waals surface area contributed by atoms with Gasteiger partial charge in [0.25, 0.3) is 5.91 Å². The van der Waals surface area contributed by atoms with Gasteiger partial charge in [-0.3, -0.25) is 14.8 Å². The average molecular weight is 269 g/mol. The van der Waals surface area contributed by atoms with Crippen LogP contribution in [0.15, 0.2) is 53.7 Å². The first-order valence-electron chi connectivity index (χ1n) is 6.24. The molecule has 1 amide bonds. The monoisotopic (exact) mass is 269 g/mol. The SMILES string of the molecule is O=C(NCCN=Cc1ccccc1O)c1ccccn1. The lowest BCUT2D eigenvalue weighted by molar-refractivity contribution is 0.0950. The molecular formula is C15H15N3O2. The average Bonchev–Trinajstić information content (AvgIpc) is 2.49. The van der Waals surface area contributed by atoms with Crippen LogP contribution in [0.4, 0.5) is 0 Å². The molecule has 20 heavy (non-hydrogen) atoms. The number of para-hydroxylation sites is 1. The highest BCUT2D eigenvalue weighted by Crippen LogP contribution is 2.12. The number of nitrogens with zero attached hydrogens (tertiary/aromatic N) is 2. The minimum Gasteiger partial charge on any atom is -0.507 e. The van der Waals surface area contributed by atoms with E-state index >= 15 is 0 Å². The van der Waals surface area contributed by atoms with Crippen LogP contribution < -0.4 is 5.32 Å². The third kappa shape index (κ3) is 3.91. The Morgan fingerprint density at radius 3 is 2.80 bits per heavy atom. The van der Waals surface area contributed by atoms with E-state index in [0.717, 1.165) is 0 Å². The van der Waals surface area contributed by atoms with Crippen molar-refractivity contribution in [2.45, 2.75) is 0 Å². The third-order valence-corrected chi connectivity index (χ3v) is 2.59. The number of hydrogen-bond acceptors (Lipinski definition) is 4. The summed E-state index contributed by atoms with van der Waals surface area (Å²) in [5.41, 5.74) is 1.04. The van der Waals surface area contributed by atoms with Crippen LogP contribution in [-0.2, 0) is 0 Å². The highest BCUT2D eigenvalue weighted by atomic mass is 16.3. The Balaban J connectivity index is 1.77. The first-order valence-corrected chi connectivity index (χ1v) is 6.24. The van der Waals surface area contributed by atoms with Crippen LogP contribution >= 0.6 is 0 Å². The normalized spacial score (nSPS) is 10.6. The summed E-state index contributed by atoms with van der Waals surface area (Å²) in [4.78, 5) is 19.8. The van der Waals surface area contributed by atoms with Gasteiger partial charge in [0, 0.05) is 24.5 Å². The molecule has 0 atom stereocenters. The lowest BCUT2D eigenvalue weighted by atomic mass is 10.2. The smallest absolute Gasteiger partial charge is 0.269 e. The van der Waals surface area contributed by atoms with Crippen LogP contribution in [-0.4, -0.2) is 35.3 Å². The molecule has 5 heteroatoms. The number of rotatable bonds is 5. The Morgan fingerprint density at radius 2 is 2.05 bits per heavy atom. The van der Waals surface area contributed by atoms with E-state index in [2.05, 4.69) is 15.3 Å². The number of carbonyl (C=O) groups is 1. The van der Waals surface area contributed by atoms with E-state index in [0.29, 0.717) is 24.3 Å². The molecule has 2 rings (SSSR count).